The third-order valence-electron chi connectivity index (χ3n) is 4.19. The van der Waals surface area contributed by atoms with Gasteiger partial charge in [0, 0.05) is 25.3 Å². The summed E-state index contributed by atoms with van der Waals surface area (Å²) in [6.45, 7) is 8.00. The molecule has 0 aliphatic carbocycles. The highest BCUT2D eigenvalue weighted by atomic mass is 16.6. The Kier molecular flexibility index (Phi) is 6.28. The van der Waals surface area contributed by atoms with Gasteiger partial charge in [0.25, 0.3) is 0 Å². The van der Waals surface area contributed by atoms with E-state index in [0.717, 1.165) is 43.7 Å². The maximum absolute atomic E-state index is 12.1. The minimum Gasteiger partial charge on any atom is -0.444 e. The number of rotatable bonds is 5. The Balaban J connectivity index is 1.73. The number of primary amides is 1. The van der Waals surface area contributed by atoms with Crippen molar-refractivity contribution >= 4 is 17.7 Å². The standard InChI is InChI=1S/C19H29N3O3/c1-19(2,3)25-18(24)22-10-8-15(9-11-22)13-21-16-6-4-14(5-7-16)12-17(20)23/h4-7,15,21H,8-13H2,1-3H3,(H2,20,23). The van der Waals surface area contributed by atoms with Gasteiger partial charge in [0.2, 0.25) is 5.91 Å². The van der Waals surface area contributed by atoms with E-state index < -0.39 is 5.60 Å². The van der Waals surface area contributed by atoms with Crippen LogP contribution in [0.25, 0.3) is 0 Å². The van der Waals surface area contributed by atoms with E-state index in [1.165, 1.54) is 0 Å². The molecule has 1 aliphatic heterocycles. The fourth-order valence-corrected chi connectivity index (χ4v) is 2.85. The second-order valence-electron chi connectivity index (χ2n) is 7.63. The number of hydrogen-bond acceptors (Lipinski definition) is 4. The fraction of sp³-hybridized carbons (Fsp3) is 0.579. The number of nitrogens with two attached hydrogens (primary N) is 1. The highest BCUT2D eigenvalue weighted by Gasteiger charge is 2.26. The summed E-state index contributed by atoms with van der Waals surface area (Å²) in [5.41, 5.74) is 6.70. The molecule has 0 spiro atoms. The second kappa shape index (κ2) is 8.23. The van der Waals surface area contributed by atoms with Crippen molar-refractivity contribution in [3.8, 4) is 0 Å². The Morgan fingerprint density at radius 2 is 1.80 bits per heavy atom. The molecule has 1 fully saturated rings. The molecule has 0 bridgehead atoms. The third-order valence-corrected chi connectivity index (χ3v) is 4.19. The first-order chi connectivity index (χ1) is 11.7. The summed E-state index contributed by atoms with van der Waals surface area (Å²) in [4.78, 5) is 24.8. The zero-order valence-electron chi connectivity index (χ0n) is 15.4. The lowest BCUT2D eigenvalue weighted by Crippen LogP contribution is -2.42. The summed E-state index contributed by atoms with van der Waals surface area (Å²) in [6, 6.07) is 7.76. The number of ether oxygens (including phenoxy) is 1. The molecule has 3 N–H and O–H groups in total. The number of amides is 2. The second-order valence-corrected chi connectivity index (χ2v) is 7.63. The lowest BCUT2D eigenvalue weighted by atomic mass is 9.97. The van der Waals surface area contributed by atoms with Crippen molar-refractivity contribution < 1.29 is 14.3 Å². The predicted molar refractivity (Wildman–Crippen MR) is 98.4 cm³/mol. The summed E-state index contributed by atoms with van der Waals surface area (Å²) in [5.74, 6) is 0.210. The van der Waals surface area contributed by atoms with Gasteiger partial charge in [-0.15, -0.1) is 0 Å². The van der Waals surface area contributed by atoms with Crippen LogP contribution in [0.15, 0.2) is 24.3 Å². The van der Waals surface area contributed by atoms with Crippen LogP contribution in [0, 0.1) is 5.92 Å². The Bertz CT molecular complexity index is 585. The van der Waals surface area contributed by atoms with Crippen LogP contribution in [0.3, 0.4) is 0 Å². The minimum absolute atomic E-state index is 0.219. The van der Waals surface area contributed by atoms with Crippen LogP contribution in [0.1, 0.15) is 39.2 Å². The van der Waals surface area contributed by atoms with Gasteiger partial charge in [-0.25, -0.2) is 4.79 Å². The Hall–Kier alpha value is -2.24. The monoisotopic (exact) mass is 347 g/mol. The van der Waals surface area contributed by atoms with Crippen molar-refractivity contribution in [2.24, 2.45) is 11.7 Å². The predicted octanol–water partition coefficient (Wildman–Crippen LogP) is 2.77. The molecule has 1 aliphatic rings. The zero-order chi connectivity index (χ0) is 18.4. The number of nitrogens with one attached hydrogen (secondary N) is 1. The summed E-state index contributed by atoms with van der Waals surface area (Å²) in [6.07, 6.45) is 1.98. The van der Waals surface area contributed by atoms with E-state index in [0.29, 0.717) is 5.92 Å². The van der Waals surface area contributed by atoms with Crippen LogP contribution in [0.5, 0.6) is 0 Å². The SMILES string of the molecule is CC(C)(C)OC(=O)N1CCC(CNc2ccc(CC(N)=O)cc2)CC1. The lowest BCUT2D eigenvalue weighted by molar-refractivity contribution is -0.117. The van der Waals surface area contributed by atoms with E-state index >= 15 is 0 Å². The molecule has 6 heteroatoms. The number of anilines is 1. The Labute approximate surface area is 149 Å². The van der Waals surface area contributed by atoms with Crippen LogP contribution in [0.4, 0.5) is 10.5 Å². The number of benzene rings is 1. The highest BCUT2D eigenvalue weighted by molar-refractivity contribution is 5.76. The molecule has 2 amide bonds. The van der Waals surface area contributed by atoms with Crippen molar-refractivity contribution in [3.05, 3.63) is 29.8 Å². The Morgan fingerprint density at radius 1 is 1.20 bits per heavy atom. The van der Waals surface area contributed by atoms with Crippen molar-refractivity contribution in [1.29, 1.82) is 0 Å². The fourth-order valence-electron chi connectivity index (χ4n) is 2.85. The largest absolute Gasteiger partial charge is 0.444 e. The third kappa shape index (κ3) is 6.64. The smallest absolute Gasteiger partial charge is 0.410 e. The average Bonchev–Trinajstić information content (AvgIpc) is 2.52. The number of likely N-dealkylation sites (tertiary alicyclic amines) is 1. The highest BCUT2D eigenvalue weighted by Crippen LogP contribution is 2.20. The van der Waals surface area contributed by atoms with E-state index in [2.05, 4.69) is 5.32 Å². The van der Waals surface area contributed by atoms with Gasteiger partial charge in [-0.3, -0.25) is 4.79 Å². The normalized spacial score (nSPS) is 15.7. The van der Waals surface area contributed by atoms with Gasteiger partial charge >= 0.3 is 6.09 Å². The van der Waals surface area contributed by atoms with Gasteiger partial charge in [-0.05, 0) is 57.2 Å². The molecule has 6 nitrogen and oxygen atoms in total. The Morgan fingerprint density at radius 3 is 2.32 bits per heavy atom. The van der Waals surface area contributed by atoms with Crippen molar-refractivity contribution in [2.75, 3.05) is 25.0 Å². The van der Waals surface area contributed by atoms with Crippen LogP contribution in [0.2, 0.25) is 0 Å². The van der Waals surface area contributed by atoms with E-state index in [-0.39, 0.29) is 18.4 Å². The molecule has 0 unspecified atom stereocenters. The maximum Gasteiger partial charge on any atom is 0.410 e. The van der Waals surface area contributed by atoms with E-state index in [4.69, 9.17) is 10.5 Å². The lowest BCUT2D eigenvalue weighted by Gasteiger charge is -2.33. The quantitative estimate of drug-likeness (QED) is 0.858. The summed E-state index contributed by atoms with van der Waals surface area (Å²) < 4.78 is 5.42. The summed E-state index contributed by atoms with van der Waals surface area (Å²) in [5, 5.41) is 3.43. The topological polar surface area (TPSA) is 84.7 Å². The number of piperidine rings is 1. The molecule has 1 aromatic rings. The molecule has 25 heavy (non-hydrogen) atoms. The molecule has 1 saturated heterocycles. The van der Waals surface area contributed by atoms with Gasteiger partial charge in [-0.1, -0.05) is 12.1 Å². The first-order valence-corrected chi connectivity index (χ1v) is 8.82. The number of carbonyl (C=O) groups excluding carboxylic acids is 2. The van der Waals surface area contributed by atoms with E-state index in [9.17, 15) is 9.59 Å². The molecule has 0 radical (unpaired) electrons. The summed E-state index contributed by atoms with van der Waals surface area (Å²) >= 11 is 0. The van der Waals surface area contributed by atoms with Gasteiger partial charge in [0.1, 0.15) is 5.60 Å². The van der Waals surface area contributed by atoms with Crippen LogP contribution in [-0.4, -0.2) is 42.1 Å². The molecule has 0 saturated carbocycles. The van der Waals surface area contributed by atoms with Gasteiger partial charge < -0.3 is 20.7 Å². The molecule has 0 aromatic heterocycles. The van der Waals surface area contributed by atoms with Crippen LogP contribution < -0.4 is 11.1 Å². The van der Waals surface area contributed by atoms with Crippen molar-refractivity contribution in [2.45, 2.75) is 45.6 Å². The minimum atomic E-state index is -0.448. The van der Waals surface area contributed by atoms with Crippen molar-refractivity contribution in [3.63, 3.8) is 0 Å². The molecule has 2 rings (SSSR count). The summed E-state index contributed by atoms with van der Waals surface area (Å²) in [7, 11) is 0. The number of hydrogen-bond donors (Lipinski definition) is 2. The molecule has 1 heterocycles. The van der Waals surface area contributed by atoms with Gasteiger partial charge in [0.15, 0.2) is 0 Å². The first-order valence-electron chi connectivity index (χ1n) is 8.82. The first kappa shape index (κ1) is 19.1. The van der Waals surface area contributed by atoms with Crippen LogP contribution in [-0.2, 0) is 16.0 Å². The van der Waals surface area contributed by atoms with Gasteiger partial charge in [-0.2, -0.15) is 0 Å². The van der Waals surface area contributed by atoms with Gasteiger partial charge in [0.05, 0.1) is 6.42 Å². The molecule has 138 valence electrons. The molecular weight excluding hydrogens is 318 g/mol. The van der Waals surface area contributed by atoms with E-state index in [1.54, 1.807) is 4.90 Å². The molecule has 1 aromatic carbocycles. The maximum atomic E-state index is 12.1. The number of carbonyl (C=O) groups is 2. The number of nitrogens with zero attached hydrogens (tertiary/aromatic N) is 1. The molecular formula is C19H29N3O3. The average molecular weight is 347 g/mol. The van der Waals surface area contributed by atoms with Crippen molar-refractivity contribution in [1.82, 2.24) is 4.90 Å². The zero-order valence-corrected chi connectivity index (χ0v) is 15.4. The van der Waals surface area contributed by atoms with Crippen LogP contribution >= 0.6 is 0 Å². The molecule has 0 atom stereocenters. The van der Waals surface area contributed by atoms with E-state index in [1.807, 2.05) is 45.0 Å².